The lowest BCUT2D eigenvalue weighted by molar-refractivity contribution is -0.385. The SMILES string of the molecule is N#Cc1ccccc1COc1c(Cl)cc(C=Nn2c(=O)[nH]c3ccccc3c2=O)cc1[N+](=O)[O-]. The van der Waals surface area contributed by atoms with E-state index in [1.807, 2.05) is 6.07 Å². The molecule has 1 heterocycles. The summed E-state index contributed by atoms with van der Waals surface area (Å²) < 4.78 is 6.20. The number of aromatic amines is 1. The fourth-order valence-corrected chi connectivity index (χ4v) is 3.52. The van der Waals surface area contributed by atoms with Crippen LogP contribution in [0.1, 0.15) is 16.7 Å². The number of benzene rings is 3. The van der Waals surface area contributed by atoms with Crippen LogP contribution in [0.5, 0.6) is 5.75 Å². The lowest BCUT2D eigenvalue weighted by atomic mass is 10.1. The Labute approximate surface area is 196 Å². The van der Waals surface area contributed by atoms with Gasteiger partial charge in [-0.3, -0.25) is 14.9 Å². The summed E-state index contributed by atoms with van der Waals surface area (Å²) in [5, 5.41) is 24.9. The number of aromatic nitrogens is 2. The number of para-hydroxylation sites is 1. The first kappa shape index (κ1) is 22.4. The zero-order valence-electron chi connectivity index (χ0n) is 17.3. The largest absolute Gasteiger partial charge is 0.481 e. The van der Waals surface area contributed by atoms with Gasteiger partial charge in [0.25, 0.3) is 5.56 Å². The zero-order valence-corrected chi connectivity index (χ0v) is 18.0. The van der Waals surface area contributed by atoms with Gasteiger partial charge in [0.2, 0.25) is 5.75 Å². The molecule has 0 radical (unpaired) electrons. The van der Waals surface area contributed by atoms with Crippen LogP contribution >= 0.6 is 11.6 Å². The van der Waals surface area contributed by atoms with E-state index >= 15 is 0 Å². The highest BCUT2D eigenvalue weighted by atomic mass is 35.5. The third-order valence-electron chi connectivity index (χ3n) is 4.86. The molecule has 10 nitrogen and oxygen atoms in total. The number of nitrogens with zero attached hydrogens (tertiary/aromatic N) is 4. The number of H-pyrrole nitrogens is 1. The maximum atomic E-state index is 12.6. The summed E-state index contributed by atoms with van der Waals surface area (Å²) in [6, 6.07) is 17.7. The topological polar surface area (TPSA) is 143 Å². The van der Waals surface area contributed by atoms with Crippen LogP contribution in [-0.2, 0) is 6.61 Å². The van der Waals surface area contributed by atoms with E-state index in [1.54, 1.807) is 42.5 Å². The Morgan fingerprint density at radius 3 is 2.68 bits per heavy atom. The Morgan fingerprint density at radius 1 is 1.18 bits per heavy atom. The van der Waals surface area contributed by atoms with Gasteiger partial charge < -0.3 is 9.72 Å². The fraction of sp³-hybridized carbons (Fsp3) is 0.0435. The van der Waals surface area contributed by atoms with Crippen molar-refractivity contribution in [3.05, 3.63) is 113 Å². The maximum Gasteiger partial charge on any atom is 0.349 e. The molecule has 0 bridgehead atoms. The predicted molar refractivity (Wildman–Crippen MR) is 125 cm³/mol. The Morgan fingerprint density at radius 2 is 1.91 bits per heavy atom. The monoisotopic (exact) mass is 475 g/mol. The molecule has 0 spiro atoms. The summed E-state index contributed by atoms with van der Waals surface area (Å²) in [5.41, 5.74) is -0.415. The van der Waals surface area contributed by atoms with E-state index in [0.29, 0.717) is 21.3 Å². The smallest absolute Gasteiger partial charge is 0.349 e. The van der Waals surface area contributed by atoms with E-state index < -0.39 is 21.9 Å². The Hall–Kier alpha value is -4.75. The minimum absolute atomic E-state index is 0.0788. The first-order valence-corrected chi connectivity index (χ1v) is 10.1. The molecule has 4 aromatic rings. The number of ether oxygens (including phenoxy) is 1. The molecule has 11 heteroatoms. The first-order chi connectivity index (χ1) is 16.4. The molecule has 168 valence electrons. The minimum Gasteiger partial charge on any atom is -0.481 e. The van der Waals surface area contributed by atoms with Crippen LogP contribution in [0.3, 0.4) is 0 Å². The molecule has 4 rings (SSSR count). The number of nitriles is 1. The molecule has 1 aromatic heterocycles. The molecule has 0 saturated carbocycles. The highest BCUT2D eigenvalue weighted by Gasteiger charge is 2.21. The Bertz CT molecular complexity index is 1620. The quantitative estimate of drug-likeness (QED) is 0.256. The van der Waals surface area contributed by atoms with Crippen molar-refractivity contribution < 1.29 is 9.66 Å². The normalized spacial score (nSPS) is 10.9. The van der Waals surface area contributed by atoms with Crippen molar-refractivity contribution in [3.63, 3.8) is 0 Å². The maximum absolute atomic E-state index is 12.6. The highest BCUT2D eigenvalue weighted by molar-refractivity contribution is 6.32. The molecular formula is C23H14ClN5O5. The van der Waals surface area contributed by atoms with Gasteiger partial charge in [0.15, 0.2) is 0 Å². The number of halogens is 1. The van der Waals surface area contributed by atoms with E-state index in [1.165, 1.54) is 12.1 Å². The molecule has 1 N–H and O–H groups in total. The van der Waals surface area contributed by atoms with Crippen LogP contribution in [0.15, 0.2) is 75.4 Å². The van der Waals surface area contributed by atoms with Crippen LogP contribution in [0.4, 0.5) is 5.69 Å². The lowest BCUT2D eigenvalue weighted by Crippen LogP contribution is -2.32. The second-order valence-corrected chi connectivity index (χ2v) is 7.41. The van der Waals surface area contributed by atoms with Crippen molar-refractivity contribution in [2.24, 2.45) is 5.10 Å². The van der Waals surface area contributed by atoms with Gasteiger partial charge >= 0.3 is 11.4 Å². The molecule has 0 aliphatic carbocycles. The van der Waals surface area contributed by atoms with Gasteiger partial charge in [-0.05, 0) is 24.3 Å². The van der Waals surface area contributed by atoms with Gasteiger partial charge in [0, 0.05) is 17.2 Å². The second kappa shape index (κ2) is 9.40. The lowest BCUT2D eigenvalue weighted by Gasteiger charge is -2.10. The molecule has 0 unspecified atom stereocenters. The number of nitrogens with one attached hydrogen (secondary N) is 1. The molecule has 0 aliphatic rings. The van der Waals surface area contributed by atoms with Crippen molar-refractivity contribution in [1.82, 2.24) is 9.66 Å². The van der Waals surface area contributed by atoms with E-state index in [9.17, 15) is 25.0 Å². The van der Waals surface area contributed by atoms with Crippen molar-refractivity contribution in [2.75, 3.05) is 0 Å². The van der Waals surface area contributed by atoms with E-state index in [0.717, 1.165) is 12.3 Å². The summed E-state index contributed by atoms with van der Waals surface area (Å²) in [4.78, 5) is 38.4. The molecular weight excluding hydrogens is 462 g/mol. The van der Waals surface area contributed by atoms with Crippen molar-refractivity contribution >= 4 is 34.4 Å². The number of nitro benzene ring substituents is 1. The first-order valence-electron chi connectivity index (χ1n) is 9.76. The van der Waals surface area contributed by atoms with Gasteiger partial charge in [-0.15, -0.1) is 4.68 Å². The van der Waals surface area contributed by atoms with Crippen molar-refractivity contribution in [3.8, 4) is 11.8 Å². The summed E-state index contributed by atoms with van der Waals surface area (Å²) >= 11 is 6.25. The van der Waals surface area contributed by atoms with Crippen molar-refractivity contribution in [2.45, 2.75) is 6.61 Å². The average Bonchev–Trinajstić information content (AvgIpc) is 2.83. The summed E-state index contributed by atoms with van der Waals surface area (Å²) in [6.45, 7) is -0.112. The molecule has 0 atom stereocenters. The van der Waals surface area contributed by atoms with E-state index in [2.05, 4.69) is 10.1 Å². The van der Waals surface area contributed by atoms with Gasteiger partial charge in [-0.25, -0.2) is 4.79 Å². The third-order valence-corrected chi connectivity index (χ3v) is 5.14. The predicted octanol–water partition coefficient (Wildman–Crippen LogP) is 3.58. The van der Waals surface area contributed by atoms with Crippen molar-refractivity contribution in [1.29, 1.82) is 5.26 Å². The number of fused-ring (bicyclic) bond motifs is 1. The fourth-order valence-electron chi connectivity index (χ4n) is 3.24. The summed E-state index contributed by atoms with van der Waals surface area (Å²) in [6.07, 6.45) is 1.11. The zero-order chi connectivity index (χ0) is 24.2. The number of hydrogen-bond acceptors (Lipinski definition) is 7. The van der Waals surface area contributed by atoms with Gasteiger partial charge in [0.1, 0.15) is 6.61 Å². The third kappa shape index (κ3) is 4.41. The van der Waals surface area contributed by atoms with Crippen LogP contribution < -0.4 is 16.0 Å². The van der Waals surface area contributed by atoms with Crippen LogP contribution in [0.2, 0.25) is 5.02 Å². The molecule has 3 aromatic carbocycles. The van der Waals surface area contributed by atoms with Crippen LogP contribution in [0.25, 0.3) is 10.9 Å². The standard InChI is InChI=1S/C23H14ClN5O5/c24-18-9-14(12-26-28-22(30)17-7-3-4-8-19(17)27-23(28)31)10-20(29(32)33)21(18)34-13-16-6-2-1-5-15(16)11-25/h1-10,12H,13H2,(H,27,31). The average molecular weight is 476 g/mol. The molecule has 34 heavy (non-hydrogen) atoms. The number of rotatable bonds is 6. The second-order valence-electron chi connectivity index (χ2n) is 7.00. The van der Waals surface area contributed by atoms with Gasteiger partial charge in [-0.1, -0.05) is 41.9 Å². The van der Waals surface area contributed by atoms with E-state index in [-0.39, 0.29) is 28.3 Å². The van der Waals surface area contributed by atoms with Crippen LogP contribution in [0, 0.1) is 21.4 Å². The summed E-state index contributed by atoms with van der Waals surface area (Å²) in [7, 11) is 0. The molecule has 0 aliphatic heterocycles. The van der Waals surface area contributed by atoms with Gasteiger partial charge in [0.05, 0.1) is 38.7 Å². The summed E-state index contributed by atoms with van der Waals surface area (Å²) in [5.74, 6) is -0.183. The van der Waals surface area contributed by atoms with Gasteiger partial charge in [-0.2, -0.15) is 10.4 Å². The number of nitro groups is 1. The Kier molecular flexibility index (Phi) is 6.20. The van der Waals surface area contributed by atoms with Crippen LogP contribution in [-0.4, -0.2) is 20.8 Å². The Balaban J connectivity index is 1.69. The molecule has 0 saturated heterocycles. The number of hydrogen-bond donors (Lipinski definition) is 1. The molecule has 0 fully saturated rings. The van der Waals surface area contributed by atoms with E-state index in [4.69, 9.17) is 16.3 Å². The highest BCUT2D eigenvalue weighted by Crippen LogP contribution is 2.36. The molecule has 0 amide bonds. The minimum atomic E-state index is -0.767.